The van der Waals surface area contributed by atoms with Crippen molar-refractivity contribution in [3.63, 3.8) is 0 Å². The van der Waals surface area contributed by atoms with Crippen LogP contribution in [0.15, 0.2) is 42.5 Å². The van der Waals surface area contributed by atoms with Crippen molar-refractivity contribution in [1.82, 2.24) is 0 Å². The van der Waals surface area contributed by atoms with Crippen LogP contribution in [0.4, 0.5) is 30.7 Å². The zero-order valence-corrected chi connectivity index (χ0v) is 14.4. The minimum absolute atomic E-state index is 0.0368. The average molecular weight is 410 g/mol. The fourth-order valence-corrected chi connectivity index (χ4v) is 2.50. The quantitative estimate of drug-likeness (QED) is 0.702. The molecule has 2 aromatic rings. The van der Waals surface area contributed by atoms with Gasteiger partial charge < -0.3 is 16.2 Å². The lowest BCUT2D eigenvalue weighted by Crippen LogP contribution is -2.48. The lowest BCUT2D eigenvalue weighted by atomic mass is 9.92. The number of nitrogens with two attached hydrogens (primary N) is 2. The minimum atomic E-state index is -4.95. The SMILES string of the molecule is NCC(N)(COCc1cc(C(F)(F)F)cc(C(F)(F)F)c1)c1ccc(F)cc1. The van der Waals surface area contributed by atoms with Crippen LogP contribution in [0.2, 0.25) is 0 Å². The van der Waals surface area contributed by atoms with E-state index < -0.39 is 41.4 Å². The van der Waals surface area contributed by atoms with E-state index in [4.69, 9.17) is 16.2 Å². The summed E-state index contributed by atoms with van der Waals surface area (Å²) in [7, 11) is 0. The van der Waals surface area contributed by atoms with Crippen LogP contribution in [0, 0.1) is 5.82 Å². The summed E-state index contributed by atoms with van der Waals surface area (Å²) in [5, 5.41) is 0. The maximum absolute atomic E-state index is 13.0. The van der Waals surface area contributed by atoms with Crippen molar-refractivity contribution < 1.29 is 35.5 Å². The molecule has 3 nitrogen and oxygen atoms in total. The van der Waals surface area contributed by atoms with Crippen LogP contribution in [-0.4, -0.2) is 13.2 Å². The molecule has 2 aromatic carbocycles. The highest BCUT2D eigenvalue weighted by Gasteiger charge is 2.37. The lowest BCUT2D eigenvalue weighted by molar-refractivity contribution is -0.143. The van der Waals surface area contributed by atoms with Crippen molar-refractivity contribution in [1.29, 1.82) is 0 Å². The molecule has 10 heteroatoms. The Hall–Kier alpha value is -2.17. The fraction of sp³-hybridized carbons (Fsp3) is 0.333. The number of halogens is 7. The number of ether oxygens (including phenoxy) is 1. The van der Waals surface area contributed by atoms with Gasteiger partial charge >= 0.3 is 12.4 Å². The van der Waals surface area contributed by atoms with Crippen molar-refractivity contribution in [2.75, 3.05) is 13.2 Å². The molecule has 0 spiro atoms. The summed E-state index contributed by atoms with van der Waals surface area (Å²) in [5.41, 5.74) is 7.66. The summed E-state index contributed by atoms with van der Waals surface area (Å²) in [5.74, 6) is -0.507. The summed E-state index contributed by atoms with van der Waals surface area (Å²) in [6.45, 7) is -0.991. The van der Waals surface area contributed by atoms with Crippen molar-refractivity contribution in [2.24, 2.45) is 11.5 Å². The molecule has 0 bridgehead atoms. The molecule has 4 N–H and O–H groups in total. The van der Waals surface area contributed by atoms with E-state index in [9.17, 15) is 30.7 Å². The first-order chi connectivity index (χ1) is 12.8. The zero-order valence-electron chi connectivity index (χ0n) is 14.4. The van der Waals surface area contributed by atoms with E-state index in [1.54, 1.807) is 0 Å². The van der Waals surface area contributed by atoms with Crippen LogP contribution in [0.3, 0.4) is 0 Å². The second kappa shape index (κ2) is 8.06. The van der Waals surface area contributed by atoms with E-state index in [1.165, 1.54) is 12.1 Å². The molecule has 0 saturated carbocycles. The van der Waals surface area contributed by atoms with E-state index in [-0.39, 0.29) is 24.8 Å². The topological polar surface area (TPSA) is 61.3 Å². The maximum Gasteiger partial charge on any atom is 0.416 e. The molecular formula is C18H17F7N2O. The number of alkyl halides is 6. The predicted molar refractivity (Wildman–Crippen MR) is 87.4 cm³/mol. The van der Waals surface area contributed by atoms with Crippen LogP contribution in [0.25, 0.3) is 0 Å². The summed E-state index contributed by atoms with van der Waals surface area (Å²) < 4.78 is 95.6. The van der Waals surface area contributed by atoms with E-state index in [1.807, 2.05) is 0 Å². The summed E-state index contributed by atoms with van der Waals surface area (Å²) >= 11 is 0. The van der Waals surface area contributed by atoms with Gasteiger partial charge in [-0.1, -0.05) is 12.1 Å². The third-order valence-electron chi connectivity index (χ3n) is 4.06. The highest BCUT2D eigenvalue weighted by molar-refractivity contribution is 5.33. The number of rotatable bonds is 6. The first kappa shape index (κ1) is 22.1. The Labute approximate surface area is 156 Å². The molecule has 2 rings (SSSR count). The Morgan fingerprint density at radius 1 is 0.786 bits per heavy atom. The van der Waals surface area contributed by atoms with Gasteiger partial charge in [-0.15, -0.1) is 0 Å². The van der Waals surface area contributed by atoms with Crippen molar-refractivity contribution in [2.45, 2.75) is 24.5 Å². The van der Waals surface area contributed by atoms with Crippen LogP contribution in [-0.2, 0) is 29.2 Å². The molecule has 0 radical (unpaired) electrons. The Kier molecular flexibility index (Phi) is 6.37. The molecule has 1 atom stereocenters. The number of hydrogen-bond acceptors (Lipinski definition) is 3. The third kappa shape index (κ3) is 5.43. The second-order valence-corrected chi connectivity index (χ2v) is 6.27. The second-order valence-electron chi connectivity index (χ2n) is 6.27. The van der Waals surface area contributed by atoms with Crippen LogP contribution in [0.1, 0.15) is 22.3 Å². The molecule has 28 heavy (non-hydrogen) atoms. The van der Waals surface area contributed by atoms with Gasteiger partial charge in [-0.05, 0) is 41.5 Å². The highest BCUT2D eigenvalue weighted by Crippen LogP contribution is 2.36. The molecule has 0 fully saturated rings. The molecule has 0 aromatic heterocycles. The van der Waals surface area contributed by atoms with Gasteiger partial charge in [0.05, 0.1) is 29.9 Å². The van der Waals surface area contributed by atoms with Crippen molar-refractivity contribution in [3.05, 3.63) is 70.5 Å². The van der Waals surface area contributed by atoms with Crippen LogP contribution >= 0.6 is 0 Å². The van der Waals surface area contributed by atoms with Gasteiger partial charge in [0.25, 0.3) is 0 Å². The van der Waals surface area contributed by atoms with Crippen molar-refractivity contribution >= 4 is 0 Å². The summed E-state index contributed by atoms with van der Waals surface area (Å²) in [6, 6.07) is 6.23. The Bertz CT molecular complexity index is 771. The summed E-state index contributed by atoms with van der Waals surface area (Å²) in [6.07, 6.45) is -9.89. The van der Waals surface area contributed by atoms with Gasteiger partial charge in [0.1, 0.15) is 5.82 Å². The van der Waals surface area contributed by atoms with Crippen molar-refractivity contribution in [3.8, 4) is 0 Å². The standard InChI is InChI=1S/C18H17F7N2O/c19-15-3-1-12(2-4-15)16(27,9-26)10-28-8-11-5-13(17(20,21)22)7-14(6-11)18(23,24)25/h1-7H,8-10,26-27H2. The minimum Gasteiger partial charge on any atom is -0.374 e. The Balaban J connectivity index is 2.20. The molecule has 0 aliphatic carbocycles. The van der Waals surface area contributed by atoms with Gasteiger partial charge in [-0.2, -0.15) is 26.3 Å². The molecule has 0 amide bonds. The zero-order chi connectivity index (χ0) is 21.2. The van der Waals surface area contributed by atoms with Crippen LogP contribution < -0.4 is 11.5 Å². The van der Waals surface area contributed by atoms with Gasteiger partial charge in [0, 0.05) is 6.54 Å². The van der Waals surface area contributed by atoms with E-state index in [0.29, 0.717) is 17.7 Å². The van der Waals surface area contributed by atoms with Crippen LogP contribution in [0.5, 0.6) is 0 Å². The lowest BCUT2D eigenvalue weighted by Gasteiger charge is -2.28. The predicted octanol–water partition coefficient (Wildman–Crippen LogP) is 4.19. The number of benzene rings is 2. The van der Waals surface area contributed by atoms with E-state index >= 15 is 0 Å². The highest BCUT2D eigenvalue weighted by atomic mass is 19.4. The Morgan fingerprint density at radius 3 is 1.71 bits per heavy atom. The third-order valence-corrected chi connectivity index (χ3v) is 4.06. The van der Waals surface area contributed by atoms with Gasteiger partial charge in [-0.3, -0.25) is 0 Å². The maximum atomic E-state index is 13.0. The number of hydrogen-bond donors (Lipinski definition) is 2. The van der Waals surface area contributed by atoms with E-state index in [2.05, 4.69) is 0 Å². The smallest absolute Gasteiger partial charge is 0.374 e. The molecule has 0 saturated heterocycles. The van der Waals surface area contributed by atoms with Gasteiger partial charge in [0.2, 0.25) is 0 Å². The largest absolute Gasteiger partial charge is 0.416 e. The average Bonchev–Trinajstić information content (AvgIpc) is 2.60. The summed E-state index contributed by atoms with van der Waals surface area (Å²) in [4.78, 5) is 0. The molecule has 1 unspecified atom stereocenters. The molecular weight excluding hydrogens is 393 g/mol. The van der Waals surface area contributed by atoms with Gasteiger partial charge in [-0.25, -0.2) is 4.39 Å². The molecule has 0 aliphatic heterocycles. The van der Waals surface area contributed by atoms with Gasteiger partial charge in [0.15, 0.2) is 0 Å². The molecule has 154 valence electrons. The normalized spacial score (nSPS) is 14.8. The van der Waals surface area contributed by atoms with E-state index in [0.717, 1.165) is 12.1 Å². The fourth-order valence-electron chi connectivity index (χ4n) is 2.50. The Morgan fingerprint density at radius 2 is 1.29 bits per heavy atom. The molecule has 0 heterocycles. The monoisotopic (exact) mass is 410 g/mol. The first-order valence-corrected chi connectivity index (χ1v) is 7.96. The molecule has 0 aliphatic rings. The first-order valence-electron chi connectivity index (χ1n) is 7.96.